The normalized spacial score (nSPS) is 10.2. The van der Waals surface area contributed by atoms with Gasteiger partial charge in [-0.25, -0.2) is 9.18 Å². The molecule has 0 aliphatic rings. The number of benzene rings is 2. The van der Waals surface area contributed by atoms with Crippen molar-refractivity contribution in [3.63, 3.8) is 0 Å². The molecule has 0 aromatic heterocycles. The molecule has 0 fully saturated rings. The van der Waals surface area contributed by atoms with Crippen molar-refractivity contribution < 1.29 is 13.9 Å². The average molecular weight is 288 g/mol. The van der Waals surface area contributed by atoms with Crippen molar-refractivity contribution in [3.8, 4) is 0 Å². The third-order valence-electron chi connectivity index (χ3n) is 3.09. The molecule has 0 aliphatic carbocycles. The average Bonchev–Trinajstić information content (AvgIpc) is 2.50. The molecule has 4 nitrogen and oxygen atoms in total. The van der Waals surface area contributed by atoms with E-state index in [1.54, 1.807) is 30.3 Å². The van der Waals surface area contributed by atoms with E-state index < -0.39 is 5.97 Å². The predicted molar refractivity (Wildman–Crippen MR) is 80.8 cm³/mol. The monoisotopic (exact) mass is 288 g/mol. The number of nitrogen functional groups attached to an aromatic ring is 1. The lowest BCUT2D eigenvalue weighted by Crippen LogP contribution is -2.11. The number of methoxy groups -OCH3 is 1. The largest absolute Gasteiger partial charge is 0.465 e. The second-order valence-corrected chi connectivity index (χ2v) is 4.60. The first-order valence-electron chi connectivity index (χ1n) is 6.56. The van der Waals surface area contributed by atoms with Gasteiger partial charge in [-0.1, -0.05) is 12.1 Å². The smallest absolute Gasteiger partial charge is 0.340 e. The van der Waals surface area contributed by atoms with Crippen LogP contribution >= 0.6 is 0 Å². The van der Waals surface area contributed by atoms with Crippen LogP contribution in [0.15, 0.2) is 42.5 Å². The first-order valence-corrected chi connectivity index (χ1v) is 6.56. The lowest BCUT2D eigenvalue weighted by molar-refractivity contribution is 0.0602. The van der Waals surface area contributed by atoms with Gasteiger partial charge in [0.15, 0.2) is 0 Å². The fourth-order valence-corrected chi connectivity index (χ4v) is 1.99. The summed E-state index contributed by atoms with van der Waals surface area (Å²) in [7, 11) is 1.33. The minimum Gasteiger partial charge on any atom is -0.465 e. The van der Waals surface area contributed by atoms with E-state index in [4.69, 9.17) is 10.5 Å². The number of hydrogen-bond donors (Lipinski definition) is 2. The van der Waals surface area contributed by atoms with Gasteiger partial charge in [-0.05, 0) is 42.3 Å². The number of halogens is 1. The van der Waals surface area contributed by atoms with Gasteiger partial charge in [0, 0.05) is 17.9 Å². The van der Waals surface area contributed by atoms with E-state index in [9.17, 15) is 9.18 Å². The van der Waals surface area contributed by atoms with Gasteiger partial charge < -0.3 is 15.8 Å². The zero-order valence-corrected chi connectivity index (χ0v) is 11.7. The second-order valence-electron chi connectivity index (χ2n) is 4.60. The summed E-state index contributed by atoms with van der Waals surface area (Å²) in [6, 6.07) is 11.4. The standard InChI is InChI=1S/C16H17FN2O2/c1-21-16(20)14-10-13(18)6-7-15(14)19-9-8-11-2-4-12(17)5-3-11/h2-7,10,19H,8-9,18H2,1H3. The van der Waals surface area contributed by atoms with Crippen molar-refractivity contribution in [1.82, 2.24) is 0 Å². The molecule has 3 N–H and O–H groups in total. The summed E-state index contributed by atoms with van der Waals surface area (Å²) in [5, 5.41) is 3.17. The molecule has 0 bridgehead atoms. The van der Waals surface area contributed by atoms with Crippen LogP contribution in [-0.2, 0) is 11.2 Å². The van der Waals surface area contributed by atoms with Crippen LogP contribution in [0.25, 0.3) is 0 Å². The van der Waals surface area contributed by atoms with Crippen molar-refractivity contribution >= 4 is 17.3 Å². The maximum absolute atomic E-state index is 12.8. The van der Waals surface area contributed by atoms with E-state index >= 15 is 0 Å². The summed E-state index contributed by atoms with van der Waals surface area (Å²) in [4.78, 5) is 11.7. The quantitative estimate of drug-likeness (QED) is 0.656. The summed E-state index contributed by atoms with van der Waals surface area (Å²) in [6.45, 7) is 0.611. The molecule has 0 amide bonds. The van der Waals surface area contributed by atoms with Crippen LogP contribution in [0.1, 0.15) is 15.9 Å². The Morgan fingerprint density at radius 1 is 1.24 bits per heavy atom. The van der Waals surface area contributed by atoms with Gasteiger partial charge in [-0.3, -0.25) is 0 Å². The maximum atomic E-state index is 12.8. The third-order valence-corrected chi connectivity index (χ3v) is 3.09. The van der Waals surface area contributed by atoms with Gasteiger partial charge in [0.05, 0.1) is 12.7 Å². The minimum absolute atomic E-state index is 0.252. The lowest BCUT2D eigenvalue weighted by Gasteiger charge is -2.11. The van der Waals surface area contributed by atoms with Gasteiger partial charge >= 0.3 is 5.97 Å². The zero-order chi connectivity index (χ0) is 15.2. The van der Waals surface area contributed by atoms with Crippen LogP contribution in [0.2, 0.25) is 0 Å². The third kappa shape index (κ3) is 3.95. The highest BCUT2D eigenvalue weighted by atomic mass is 19.1. The highest BCUT2D eigenvalue weighted by Crippen LogP contribution is 2.20. The van der Waals surface area contributed by atoms with Crippen LogP contribution in [0.3, 0.4) is 0 Å². The number of ether oxygens (including phenoxy) is 1. The molecule has 2 rings (SSSR count). The summed E-state index contributed by atoms with van der Waals surface area (Å²) in [6.07, 6.45) is 0.714. The lowest BCUT2D eigenvalue weighted by atomic mass is 10.1. The number of nitrogens with two attached hydrogens (primary N) is 1. The molecule has 0 atom stereocenters. The van der Waals surface area contributed by atoms with Crippen molar-refractivity contribution in [1.29, 1.82) is 0 Å². The Morgan fingerprint density at radius 3 is 2.62 bits per heavy atom. The number of esters is 1. The van der Waals surface area contributed by atoms with E-state index in [0.717, 1.165) is 5.56 Å². The van der Waals surface area contributed by atoms with Crippen molar-refractivity contribution in [2.24, 2.45) is 0 Å². The molecule has 0 aliphatic heterocycles. The second kappa shape index (κ2) is 6.74. The van der Waals surface area contributed by atoms with Crippen LogP contribution < -0.4 is 11.1 Å². The van der Waals surface area contributed by atoms with E-state index in [1.807, 2.05) is 0 Å². The highest BCUT2D eigenvalue weighted by Gasteiger charge is 2.11. The highest BCUT2D eigenvalue weighted by molar-refractivity contribution is 5.96. The number of anilines is 2. The molecule has 0 saturated carbocycles. The Balaban J connectivity index is 2.02. The summed E-state index contributed by atoms with van der Waals surface area (Å²) in [5.74, 6) is -0.690. The topological polar surface area (TPSA) is 64.3 Å². The Bertz CT molecular complexity index is 627. The van der Waals surface area contributed by atoms with E-state index in [-0.39, 0.29) is 5.82 Å². The molecule has 110 valence electrons. The van der Waals surface area contributed by atoms with Crippen molar-refractivity contribution in [2.45, 2.75) is 6.42 Å². The number of hydrogen-bond acceptors (Lipinski definition) is 4. The molecule has 21 heavy (non-hydrogen) atoms. The molecular weight excluding hydrogens is 271 g/mol. The maximum Gasteiger partial charge on any atom is 0.340 e. The molecule has 2 aromatic rings. The fourth-order valence-electron chi connectivity index (χ4n) is 1.99. The van der Waals surface area contributed by atoms with Gasteiger partial charge in [0.1, 0.15) is 5.82 Å². The van der Waals surface area contributed by atoms with E-state index in [2.05, 4.69) is 5.32 Å². The molecule has 0 radical (unpaired) electrons. The summed E-state index contributed by atoms with van der Waals surface area (Å²) >= 11 is 0. The predicted octanol–water partition coefficient (Wildman–Crippen LogP) is 2.85. The van der Waals surface area contributed by atoms with Crippen LogP contribution in [0.4, 0.5) is 15.8 Å². The first-order chi connectivity index (χ1) is 10.1. The molecular formula is C16H17FN2O2. The van der Waals surface area contributed by atoms with Crippen molar-refractivity contribution in [2.75, 3.05) is 24.7 Å². The van der Waals surface area contributed by atoms with Gasteiger partial charge in [-0.15, -0.1) is 0 Å². The zero-order valence-electron chi connectivity index (χ0n) is 11.7. The van der Waals surface area contributed by atoms with Crippen LogP contribution in [-0.4, -0.2) is 19.6 Å². The summed E-state index contributed by atoms with van der Waals surface area (Å²) < 4.78 is 17.5. The number of rotatable bonds is 5. The Morgan fingerprint density at radius 2 is 1.95 bits per heavy atom. The molecule has 5 heteroatoms. The van der Waals surface area contributed by atoms with Gasteiger partial charge in [0.2, 0.25) is 0 Å². The number of carbonyl (C=O) groups is 1. The van der Waals surface area contributed by atoms with Crippen LogP contribution in [0.5, 0.6) is 0 Å². The molecule has 0 saturated heterocycles. The van der Waals surface area contributed by atoms with Crippen molar-refractivity contribution in [3.05, 3.63) is 59.4 Å². The van der Waals surface area contributed by atoms with Gasteiger partial charge in [0.25, 0.3) is 0 Å². The van der Waals surface area contributed by atoms with Gasteiger partial charge in [-0.2, -0.15) is 0 Å². The summed E-state index contributed by atoms with van der Waals surface area (Å²) in [5.41, 5.74) is 8.26. The fraction of sp³-hybridized carbons (Fsp3) is 0.188. The Hall–Kier alpha value is -2.56. The Kier molecular flexibility index (Phi) is 4.77. The van der Waals surface area contributed by atoms with E-state index in [0.29, 0.717) is 29.9 Å². The minimum atomic E-state index is -0.438. The number of carbonyl (C=O) groups excluding carboxylic acids is 1. The number of nitrogens with one attached hydrogen (secondary N) is 1. The molecule has 0 unspecified atom stereocenters. The Labute approximate surface area is 122 Å². The molecule has 0 heterocycles. The molecule has 0 spiro atoms. The SMILES string of the molecule is COC(=O)c1cc(N)ccc1NCCc1ccc(F)cc1. The molecule has 2 aromatic carbocycles. The van der Waals surface area contributed by atoms with E-state index in [1.165, 1.54) is 19.2 Å². The first kappa shape index (κ1) is 14.8. The van der Waals surface area contributed by atoms with Crippen LogP contribution in [0, 0.1) is 5.82 Å².